The first-order valence-corrected chi connectivity index (χ1v) is 7.84. The number of nitrogens with two attached hydrogens (primary N) is 1. The predicted molar refractivity (Wildman–Crippen MR) is 81.5 cm³/mol. The monoisotopic (exact) mass is 258 g/mol. The van der Waals surface area contributed by atoms with E-state index in [1.54, 1.807) is 0 Å². The Bertz CT molecular complexity index is 423. The Balaban J connectivity index is 1.82. The molecule has 1 aliphatic heterocycles. The van der Waals surface area contributed by atoms with Gasteiger partial charge >= 0.3 is 0 Å². The van der Waals surface area contributed by atoms with Gasteiger partial charge in [0.05, 0.1) is 0 Å². The third-order valence-corrected chi connectivity index (χ3v) is 5.09. The fourth-order valence-corrected chi connectivity index (χ4v) is 3.85. The molecule has 0 saturated heterocycles. The maximum Gasteiger partial charge on any atom is 0.0402 e. The van der Waals surface area contributed by atoms with Crippen LogP contribution >= 0.6 is 0 Å². The molecule has 2 atom stereocenters. The standard InChI is InChI=1S/C17H26N2/c1-13(11-18)17-10-15-8-4-5-9-16(15)19(17)12-14-6-2-3-7-14/h4-5,8-9,13-14,17H,2-3,6-7,10-12,18H2,1H3. The van der Waals surface area contributed by atoms with Crippen molar-refractivity contribution < 1.29 is 0 Å². The summed E-state index contributed by atoms with van der Waals surface area (Å²) in [6.07, 6.45) is 6.88. The average molecular weight is 258 g/mol. The molecule has 104 valence electrons. The molecule has 2 aliphatic rings. The Kier molecular flexibility index (Phi) is 3.79. The van der Waals surface area contributed by atoms with Gasteiger partial charge in [-0.15, -0.1) is 0 Å². The van der Waals surface area contributed by atoms with Crippen LogP contribution in [0.2, 0.25) is 0 Å². The molecule has 1 heterocycles. The van der Waals surface area contributed by atoms with Crippen LogP contribution < -0.4 is 10.6 Å². The number of benzene rings is 1. The summed E-state index contributed by atoms with van der Waals surface area (Å²) >= 11 is 0. The van der Waals surface area contributed by atoms with Crippen LogP contribution in [0.3, 0.4) is 0 Å². The van der Waals surface area contributed by atoms with Gasteiger partial charge in [-0.05, 0) is 49.3 Å². The summed E-state index contributed by atoms with van der Waals surface area (Å²) in [4.78, 5) is 2.67. The highest BCUT2D eigenvalue weighted by molar-refractivity contribution is 5.59. The maximum absolute atomic E-state index is 5.93. The molecular weight excluding hydrogens is 232 g/mol. The van der Waals surface area contributed by atoms with E-state index < -0.39 is 0 Å². The van der Waals surface area contributed by atoms with E-state index in [0.29, 0.717) is 12.0 Å². The summed E-state index contributed by atoms with van der Waals surface area (Å²) < 4.78 is 0. The Morgan fingerprint density at radius 1 is 1.26 bits per heavy atom. The highest BCUT2D eigenvalue weighted by Crippen LogP contribution is 2.37. The number of hydrogen-bond acceptors (Lipinski definition) is 2. The van der Waals surface area contributed by atoms with Crippen LogP contribution in [0.5, 0.6) is 0 Å². The summed E-state index contributed by atoms with van der Waals surface area (Å²) in [5.74, 6) is 1.48. The molecule has 1 aromatic rings. The van der Waals surface area contributed by atoms with E-state index >= 15 is 0 Å². The van der Waals surface area contributed by atoms with Gasteiger partial charge in [0.2, 0.25) is 0 Å². The molecule has 0 amide bonds. The first-order valence-electron chi connectivity index (χ1n) is 7.84. The van der Waals surface area contributed by atoms with Gasteiger partial charge in [-0.1, -0.05) is 38.0 Å². The van der Waals surface area contributed by atoms with Gasteiger partial charge in [0.15, 0.2) is 0 Å². The zero-order chi connectivity index (χ0) is 13.2. The van der Waals surface area contributed by atoms with Crippen LogP contribution in [0.4, 0.5) is 5.69 Å². The number of anilines is 1. The van der Waals surface area contributed by atoms with E-state index in [9.17, 15) is 0 Å². The normalized spacial score (nSPS) is 24.7. The number of hydrogen-bond donors (Lipinski definition) is 1. The minimum atomic E-state index is 0.578. The van der Waals surface area contributed by atoms with Crippen LogP contribution in [0.1, 0.15) is 38.2 Å². The maximum atomic E-state index is 5.93. The van der Waals surface area contributed by atoms with Crippen LogP contribution in [0.15, 0.2) is 24.3 Å². The smallest absolute Gasteiger partial charge is 0.0402 e. The molecular formula is C17H26N2. The van der Waals surface area contributed by atoms with E-state index in [2.05, 4.69) is 36.1 Å². The van der Waals surface area contributed by atoms with E-state index in [1.165, 1.54) is 49.9 Å². The molecule has 0 aromatic heterocycles. The van der Waals surface area contributed by atoms with Crippen LogP contribution in [0, 0.1) is 11.8 Å². The summed E-state index contributed by atoms with van der Waals surface area (Å²) in [6, 6.07) is 9.55. The van der Waals surface area contributed by atoms with Gasteiger partial charge in [-0.2, -0.15) is 0 Å². The Morgan fingerprint density at radius 2 is 2.00 bits per heavy atom. The highest BCUT2D eigenvalue weighted by atomic mass is 15.2. The molecule has 1 aromatic carbocycles. The number of para-hydroxylation sites is 1. The van der Waals surface area contributed by atoms with Crippen LogP contribution in [0.25, 0.3) is 0 Å². The van der Waals surface area contributed by atoms with Crippen LogP contribution in [-0.4, -0.2) is 19.1 Å². The predicted octanol–water partition coefficient (Wildman–Crippen LogP) is 3.20. The largest absolute Gasteiger partial charge is 0.367 e. The second kappa shape index (κ2) is 5.54. The molecule has 0 spiro atoms. The molecule has 0 bridgehead atoms. The van der Waals surface area contributed by atoms with Crippen molar-refractivity contribution >= 4 is 5.69 Å². The molecule has 2 N–H and O–H groups in total. The number of nitrogens with zero attached hydrogens (tertiary/aromatic N) is 1. The molecule has 2 heteroatoms. The topological polar surface area (TPSA) is 29.3 Å². The van der Waals surface area contributed by atoms with E-state index in [-0.39, 0.29) is 0 Å². The Morgan fingerprint density at radius 3 is 2.74 bits per heavy atom. The minimum Gasteiger partial charge on any atom is -0.367 e. The molecule has 1 saturated carbocycles. The average Bonchev–Trinajstić information content (AvgIpc) is 3.07. The highest BCUT2D eigenvalue weighted by Gasteiger charge is 2.33. The quantitative estimate of drug-likeness (QED) is 0.898. The fraction of sp³-hybridized carbons (Fsp3) is 0.647. The van der Waals surface area contributed by atoms with Crippen molar-refractivity contribution in [1.29, 1.82) is 0 Å². The molecule has 19 heavy (non-hydrogen) atoms. The molecule has 2 nitrogen and oxygen atoms in total. The summed E-state index contributed by atoms with van der Waals surface area (Å²) in [6.45, 7) is 4.34. The molecule has 1 fully saturated rings. The first-order chi connectivity index (χ1) is 9.29. The van der Waals surface area contributed by atoms with Gasteiger partial charge < -0.3 is 10.6 Å². The van der Waals surface area contributed by atoms with Crippen molar-refractivity contribution in [2.75, 3.05) is 18.0 Å². The zero-order valence-corrected chi connectivity index (χ0v) is 12.0. The van der Waals surface area contributed by atoms with Crippen molar-refractivity contribution in [3.8, 4) is 0 Å². The molecule has 3 rings (SSSR count). The van der Waals surface area contributed by atoms with Gasteiger partial charge in [0.25, 0.3) is 0 Å². The van der Waals surface area contributed by atoms with Gasteiger partial charge in [-0.25, -0.2) is 0 Å². The lowest BCUT2D eigenvalue weighted by atomic mass is 9.97. The second-order valence-corrected chi connectivity index (χ2v) is 6.42. The van der Waals surface area contributed by atoms with Gasteiger partial charge in [-0.3, -0.25) is 0 Å². The lowest BCUT2D eigenvalue weighted by molar-refractivity contribution is 0.415. The van der Waals surface area contributed by atoms with Gasteiger partial charge in [0, 0.05) is 18.3 Å². The summed E-state index contributed by atoms with van der Waals surface area (Å²) in [5, 5.41) is 0. The number of fused-ring (bicyclic) bond motifs is 1. The third kappa shape index (κ3) is 2.51. The van der Waals surface area contributed by atoms with E-state index in [4.69, 9.17) is 5.73 Å². The molecule has 0 radical (unpaired) electrons. The number of rotatable bonds is 4. The van der Waals surface area contributed by atoms with Crippen molar-refractivity contribution in [2.45, 2.75) is 45.1 Å². The SMILES string of the molecule is CC(CN)C1Cc2ccccc2N1CC1CCCC1. The minimum absolute atomic E-state index is 0.578. The second-order valence-electron chi connectivity index (χ2n) is 6.42. The van der Waals surface area contributed by atoms with E-state index in [1.807, 2.05) is 0 Å². The van der Waals surface area contributed by atoms with Crippen molar-refractivity contribution in [3.63, 3.8) is 0 Å². The zero-order valence-electron chi connectivity index (χ0n) is 12.0. The van der Waals surface area contributed by atoms with E-state index in [0.717, 1.165) is 12.5 Å². The third-order valence-electron chi connectivity index (χ3n) is 5.09. The summed E-state index contributed by atoms with van der Waals surface area (Å²) in [5.41, 5.74) is 8.92. The Hall–Kier alpha value is -1.02. The van der Waals surface area contributed by atoms with Gasteiger partial charge in [0.1, 0.15) is 0 Å². The molecule has 1 aliphatic carbocycles. The summed E-state index contributed by atoms with van der Waals surface area (Å²) in [7, 11) is 0. The van der Waals surface area contributed by atoms with Crippen molar-refractivity contribution in [2.24, 2.45) is 17.6 Å². The lowest BCUT2D eigenvalue weighted by Crippen LogP contribution is -2.42. The van der Waals surface area contributed by atoms with Crippen molar-refractivity contribution in [3.05, 3.63) is 29.8 Å². The van der Waals surface area contributed by atoms with Crippen LogP contribution in [-0.2, 0) is 6.42 Å². The first kappa shape index (κ1) is 13.0. The fourth-order valence-electron chi connectivity index (χ4n) is 3.85. The lowest BCUT2D eigenvalue weighted by Gasteiger charge is -2.33. The van der Waals surface area contributed by atoms with Crippen molar-refractivity contribution in [1.82, 2.24) is 0 Å². The molecule has 2 unspecified atom stereocenters. The Labute approximate surface area is 117 Å².